The van der Waals surface area contributed by atoms with Gasteiger partial charge in [-0.3, -0.25) is 0 Å². The first kappa shape index (κ1) is 16.3. The monoisotopic (exact) mass is 330 g/mol. The van der Waals surface area contributed by atoms with Crippen molar-refractivity contribution < 1.29 is 14.2 Å². The van der Waals surface area contributed by atoms with Crippen molar-refractivity contribution in [1.29, 1.82) is 0 Å². The Balaban J connectivity index is 2.03. The molecular formula is C17H18BClNO3. The van der Waals surface area contributed by atoms with Gasteiger partial charge in [0.05, 0.1) is 11.2 Å². The minimum Gasteiger partial charge on any atom is -0.438 e. The first-order valence-electron chi connectivity index (χ1n) is 7.40. The Bertz CT molecular complexity index is 867. The molecule has 6 heteroatoms. The molecule has 23 heavy (non-hydrogen) atoms. The summed E-state index contributed by atoms with van der Waals surface area (Å²) in [5.41, 5.74) is 0.354. The van der Waals surface area contributed by atoms with Crippen LogP contribution in [0.5, 0.6) is 0 Å². The summed E-state index contributed by atoms with van der Waals surface area (Å²) in [6, 6.07) is 9.32. The molecule has 4 nitrogen and oxygen atoms in total. The minimum atomic E-state index is -0.981. The molecule has 1 N–H and O–H groups in total. The summed E-state index contributed by atoms with van der Waals surface area (Å²) in [6.45, 7) is 7.14. The first-order valence-corrected chi connectivity index (χ1v) is 7.78. The SMILES string of the molecule is CC(C)(O)C(C)(C)O[B]c1cccc2oc3nc(Cl)ccc3c12. The molecule has 0 saturated heterocycles. The predicted octanol–water partition coefficient (Wildman–Crippen LogP) is 3.45. The van der Waals surface area contributed by atoms with Gasteiger partial charge in [0.1, 0.15) is 10.7 Å². The fourth-order valence-electron chi connectivity index (χ4n) is 2.16. The van der Waals surface area contributed by atoms with E-state index in [2.05, 4.69) is 4.98 Å². The van der Waals surface area contributed by atoms with Gasteiger partial charge in [-0.1, -0.05) is 23.7 Å². The summed E-state index contributed by atoms with van der Waals surface area (Å²) in [5, 5.41) is 12.4. The molecule has 3 aromatic rings. The number of aliphatic hydroxyl groups is 1. The Hall–Kier alpha value is -1.56. The zero-order chi connectivity index (χ0) is 16.8. The highest BCUT2D eigenvalue weighted by Crippen LogP contribution is 2.28. The van der Waals surface area contributed by atoms with E-state index < -0.39 is 11.2 Å². The second kappa shape index (κ2) is 5.51. The van der Waals surface area contributed by atoms with Gasteiger partial charge < -0.3 is 14.2 Å². The molecule has 2 aromatic heterocycles. The number of hydrogen-bond acceptors (Lipinski definition) is 4. The summed E-state index contributed by atoms with van der Waals surface area (Å²) in [6.07, 6.45) is 0. The van der Waals surface area contributed by atoms with Gasteiger partial charge in [-0.15, -0.1) is 0 Å². The fourth-order valence-corrected chi connectivity index (χ4v) is 2.30. The van der Waals surface area contributed by atoms with Gasteiger partial charge in [-0.2, -0.15) is 0 Å². The molecule has 0 amide bonds. The quantitative estimate of drug-likeness (QED) is 0.588. The van der Waals surface area contributed by atoms with E-state index in [4.69, 9.17) is 20.7 Å². The van der Waals surface area contributed by atoms with E-state index in [1.165, 1.54) is 0 Å². The molecule has 0 atom stereocenters. The number of fused-ring (bicyclic) bond motifs is 3. The summed E-state index contributed by atoms with van der Waals surface area (Å²) in [4.78, 5) is 4.21. The van der Waals surface area contributed by atoms with Crippen LogP contribution in [-0.2, 0) is 4.65 Å². The van der Waals surface area contributed by atoms with Crippen LogP contribution in [0.3, 0.4) is 0 Å². The van der Waals surface area contributed by atoms with Crippen molar-refractivity contribution in [3.8, 4) is 0 Å². The summed E-state index contributed by atoms with van der Waals surface area (Å²) < 4.78 is 11.6. The third kappa shape index (κ3) is 2.96. The first-order chi connectivity index (χ1) is 10.7. The second-order valence-corrected chi connectivity index (χ2v) is 7.00. The summed E-state index contributed by atoms with van der Waals surface area (Å²) in [7, 11) is 1.66. The van der Waals surface area contributed by atoms with Gasteiger partial charge in [0.2, 0.25) is 5.71 Å². The van der Waals surface area contributed by atoms with Crippen molar-refractivity contribution in [3.63, 3.8) is 0 Å². The van der Waals surface area contributed by atoms with Gasteiger partial charge in [0.15, 0.2) is 0 Å². The summed E-state index contributed by atoms with van der Waals surface area (Å²) in [5.74, 6) is 0. The number of rotatable bonds is 4. The second-order valence-electron chi connectivity index (χ2n) is 6.61. The highest BCUT2D eigenvalue weighted by molar-refractivity contribution is 6.52. The maximum absolute atomic E-state index is 10.2. The minimum absolute atomic E-state index is 0.390. The van der Waals surface area contributed by atoms with E-state index in [0.29, 0.717) is 16.4 Å². The van der Waals surface area contributed by atoms with E-state index >= 15 is 0 Å². The molecule has 0 aliphatic rings. The molecule has 0 aliphatic heterocycles. The largest absolute Gasteiger partial charge is 0.438 e. The van der Waals surface area contributed by atoms with E-state index in [9.17, 15) is 5.11 Å². The van der Waals surface area contributed by atoms with Crippen LogP contribution in [0.1, 0.15) is 27.7 Å². The van der Waals surface area contributed by atoms with Crippen LogP contribution in [-0.4, -0.2) is 28.8 Å². The molecular weight excluding hydrogens is 312 g/mol. The maximum atomic E-state index is 10.2. The van der Waals surface area contributed by atoms with Crippen LogP contribution in [0.2, 0.25) is 5.15 Å². The molecule has 3 rings (SSSR count). The molecule has 0 aliphatic carbocycles. The van der Waals surface area contributed by atoms with E-state index in [0.717, 1.165) is 16.2 Å². The highest BCUT2D eigenvalue weighted by Gasteiger charge is 2.36. The van der Waals surface area contributed by atoms with Gasteiger partial charge in [0, 0.05) is 10.8 Å². The van der Waals surface area contributed by atoms with Crippen LogP contribution in [0.15, 0.2) is 34.7 Å². The van der Waals surface area contributed by atoms with Crippen molar-refractivity contribution in [3.05, 3.63) is 35.5 Å². The van der Waals surface area contributed by atoms with Crippen molar-refractivity contribution in [1.82, 2.24) is 4.98 Å². The summed E-state index contributed by atoms with van der Waals surface area (Å²) >= 11 is 5.93. The van der Waals surface area contributed by atoms with Crippen LogP contribution in [0.25, 0.3) is 22.1 Å². The normalized spacial score (nSPS) is 13.0. The Morgan fingerprint density at radius 3 is 2.61 bits per heavy atom. The lowest BCUT2D eigenvalue weighted by Crippen LogP contribution is -2.49. The number of benzene rings is 1. The number of furan rings is 1. The molecule has 0 spiro atoms. The molecule has 0 bridgehead atoms. The standard InChI is InChI=1S/C17H18BClNO3/c1-16(2,21)17(3,4)23-18-11-6-5-7-12-14(11)10-8-9-13(19)20-15(10)22-12/h5-9,21H,1-4H3. The maximum Gasteiger partial charge on any atom is 0.331 e. The highest BCUT2D eigenvalue weighted by atomic mass is 35.5. The van der Waals surface area contributed by atoms with E-state index in [-0.39, 0.29) is 0 Å². The number of aromatic nitrogens is 1. The van der Waals surface area contributed by atoms with E-state index in [1.54, 1.807) is 27.4 Å². The average molecular weight is 331 g/mol. The smallest absolute Gasteiger partial charge is 0.331 e. The van der Waals surface area contributed by atoms with Crippen LogP contribution in [0.4, 0.5) is 0 Å². The van der Waals surface area contributed by atoms with Gasteiger partial charge in [-0.05, 0) is 51.4 Å². The molecule has 1 radical (unpaired) electrons. The molecule has 119 valence electrons. The number of pyridine rings is 1. The average Bonchev–Trinajstić information content (AvgIpc) is 2.81. The molecule has 0 saturated carbocycles. The van der Waals surface area contributed by atoms with Crippen molar-refractivity contribution >= 4 is 46.6 Å². The van der Waals surface area contributed by atoms with Crippen molar-refractivity contribution in [2.75, 3.05) is 0 Å². The van der Waals surface area contributed by atoms with Crippen molar-refractivity contribution in [2.24, 2.45) is 0 Å². The molecule has 0 fully saturated rings. The molecule has 0 unspecified atom stereocenters. The van der Waals surface area contributed by atoms with Crippen molar-refractivity contribution in [2.45, 2.75) is 38.9 Å². The third-order valence-electron chi connectivity index (χ3n) is 4.31. The topological polar surface area (TPSA) is 55.5 Å². The zero-order valence-electron chi connectivity index (χ0n) is 13.6. The van der Waals surface area contributed by atoms with E-state index in [1.807, 2.05) is 38.1 Å². The third-order valence-corrected chi connectivity index (χ3v) is 4.53. The fraction of sp³-hybridized carbons (Fsp3) is 0.353. The Labute approximate surface area is 140 Å². The van der Waals surface area contributed by atoms with Crippen LogP contribution < -0.4 is 5.46 Å². The Morgan fingerprint density at radius 1 is 1.17 bits per heavy atom. The molecule has 2 heterocycles. The van der Waals surface area contributed by atoms with Gasteiger partial charge in [-0.25, -0.2) is 4.98 Å². The zero-order valence-corrected chi connectivity index (χ0v) is 14.3. The van der Waals surface area contributed by atoms with Gasteiger partial charge >= 0.3 is 7.48 Å². The van der Waals surface area contributed by atoms with Gasteiger partial charge in [0.25, 0.3) is 0 Å². The number of hydrogen-bond donors (Lipinski definition) is 1. The lowest BCUT2D eigenvalue weighted by molar-refractivity contribution is -0.0893. The molecule has 1 aromatic carbocycles. The van der Waals surface area contributed by atoms with Crippen LogP contribution in [0, 0.1) is 0 Å². The van der Waals surface area contributed by atoms with Crippen LogP contribution >= 0.6 is 11.6 Å². The lowest BCUT2D eigenvalue weighted by Gasteiger charge is -2.37. The number of nitrogens with zero attached hydrogens (tertiary/aromatic N) is 1. The Morgan fingerprint density at radius 2 is 1.91 bits per heavy atom. The lowest BCUT2D eigenvalue weighted by atomic mass is 9.81. The number of halogens is 1. The predicted molar refractivity (Wildman–Crippen MR) is 93.4 cm³/mol. The Kier molecular flexibility index (Phi) is 3.91.